The standard InChI is InChI=1S/C17H13NO7/c19-16-13-7-6-12(10-14(13)25-17(20)15(16)18(21)22)24-9-8-23-11-4-2-1-3-5-11/h1-7,10,19H,8-9H2. The van der Waals surface area contributed by atoms with Crippen molar-refractivity contribution in [3.05, 3.63) is 69.1 Å². The number of hydrogen-bond acceptors (Lipinski definition) is 7. The van der Waals surface area contributed by atoms with Crippen molar-refractivity contribution < 1.29 is 23.9 Å². The van der Waals surface area contributed by atoms with Gasteiger partial charge in [-0.3, -0.25) is 10.1 Å². The highest BCUT2D eigenvalue weighted by Crippen LogP contribution is 2.32. The van der Waals surface area contributed by atoms with Gasteiger partial charge in [0.2, 0.25) is 5.75 Å². The van der Waals surface area contributed by atoms with Crippen LogP contribution in [-0.4, -0.2) is 23.2 Å². The van der Waals surface area contributed by atoms with E-state index in [2.05, 4.69) is 0 Å². The van der Waals surface area contributed by atoms with Gasteiger partial charge in [0.25, 0.3) is 0 Å². The summed E-state index contributed by atoms with van der Waals surface area (Å²) in [5, 5.41) is 20.7. The van der Waals surface area contributed by atoms with Crippen LogP contribution in [0, 0.1) is 10.1 Å². The van der Waals surface area contributed by atoms with E-state index in [9.17, 15) is 20.0 Å². The molecule has 8 heteroatoms. The topological polar surface area (TPSA) is 112 Å². The van der Waals surface area contributed by atoms with Crippen LogP contribution in [0.5, 0.6) is 17.2 Å². The van der Waals surface area contributed by atoms with Crippen LogP contribution in [0.4, 0.5) is 5.69 Å². The second-order valence-electron chi connectivity index (χ2n) is 5.01. The molecule has 3 rings (SSSR count). The van der Waals surface area contributed by atoms with Crippen LogP contribution in [0.2, 0.25) is 0 Å². The zero-order chi connectivity index (χ0) is 17.8. The fourth-order valence-electron chi connectivity index (χ4n) is 2.24. The first-order valence-corrected chi connectivity index (χ1v) is 7.31. The summed E-state index contributed by atoms with van der Waals surface area (Å²) in [7, 11) is 0. The Kier molecular flexibility index (Phi) is 4.51. The first kappa shape index (κ1) is 16.3. The molecule has 1 heterocycles. The highest BCUT2D eigenvalue weighted by Gasteiger charge is 2.24. The summed E-state index contributed by atoms with van der Waals surface area (Å²) in [6.07, 6.45) is 0. The van der Waals surface area contributed by atoms with Crippen molar-refractivity contribution in [3.8, 4) is 17.2 Å². The molecule has 1 N–H and O–H groups in total. The van der Waals surface area contributed by atoms with E-state index < -0.39 is 22.0 Å². The molecule has 0 spiro atoms. The van der Waals surface area contributed by atoms with Crippen molar-refractivity contribution in [3.63, 3.8) is 0 Å². The fraction of sp³-hybridized carbons (Fsp3) is 0.118. The highest BCUT2D eigenvalue weighted by atomic mass is 16.6. The number of rotatable bonds is 6. The number of nitro groups is 1. The molecule has 2 aromatic carbocycles. The summed E-state index contributed by atoms with van der Waals surface area (Å²) in [5.74, 6) is 0.364. The maximum atomic E-state index is 11.6. The Morgan fingerprint density at radius 1 is 1.04 bits per heavy atom. The second kappa shape index (κ2) is 6.91. The zero-order valence-electron chi connectivity index (χ0n) is 12.9. The quantitative estimate of drug-likeness (QED) is 0.317. The molecule has 25 heavy (non-hydrogen) atoms. The monoisotopic (exact) mass is 343 g/mol. The van der Waals surface area contributed by atoms with Crippen LogP contribution in [0.15, 0.2) is 57.7 Å². The van der Waals surface area contributed by atoms with Gasteiger partial charge in [-0.1, -0.05) is 18.2 Å². The predicted molar refractivity (Wildman–Crippen MR) is 88.2 cm³/mol. The van der Waals surface area contributed by atoms with Crippen LogP contribution < -0.4 is 15.1 Å². The molecule has 0 aliphatic heterocycles. The average Bonchev–Trinajstić information content (AvgIpc) is 2.59. The van der Waals surface area contributed by atoms with Crippen LogP contribution in [0.3, 0.4) is 0 Å². The molecule has 8 nitrogen and oxygen atoms in total. The Bertz CT molecular complexity index is 966. The van der Waals surface area contributed by atoms with Gasteiger partial charge >= 0.3 is 11.3 Å². The van der Waals surface area contributed by atoms with Gasteiger partial charge in [0.05, 0.1) is 10.3 Å². The molecule has 0 unspecified atom stereocenters. The summed E-state index contributed by atoms with van der Waals surface area (Å²) < 4.78 is 15.9. The number of ether oxygens (including phenoxy) is 2. The summed E-state index contributed by atoms with van der Waals surface area (Å²) >= 11 is 0. The van der Waals surface area contributed by atoms with Crippen molar-refractivity contribution in [2.45, 2.75) is 0 Å². The molecule has 0 aliphatic carbocycles. The normalized spacial score (nSPS) is 10.6. The Hall–Kier alpha value is -3.55. The van der Waals surface area contributed by atoms with Gasteiger partial charge in [0, 0.05) is 6.07 Å². The fourth-order valence-corrected chi connectivity index (χ4v) is 2.24. The largest absolute Gasteiger partial charge is 0.501 e. The third kappa shape index (κ3) is 3.52. The minimum atomic E-state index is -1.22. The van der Waals surface area contributed by atoms with Gasteiger partial charge in [-0.05, 0) is 24.3 Å². The van der Waals surface area contributed by atoms with E-state index in [0.29, 0.717) is 18.1 Å². The molecular weight excluding hydrogens is 330 g/mol. The summed E-state index contributed by atoms with van der Waals surface area (Å²) in [6, 6.07) is 13.5. The maximum Gasteiger partial charge on any atom is 0.419 e. The summed E-state index contributed by atoms with van der Waals surface area (Å²) in [5.41, 5.74) is -2.22. The van der Waals surface area contributed by atoms with Gasteiger partial charge in [-0.2, -0.15) is 0 Å². The number of aromatic hydroxyl groups is 1. The Morgan fingerprint density at radius 2 is 1.72 bits per heavy atom. The lowest BCUT2D eigenvalue weighted by atomic mass is 10.2. The minimum absolute atomic E-state index is 0.00502. The first-order chi connectivity index (χ1) is 12.1. The lowest BCUT2D eigenvalue weighted by molar-refractivity contribution is -0.388. The van der Waals surface area contributed by atoms with E-state index in [4.69, 9.17) is 13.9 Å². The van der Waals surface area contributed by atoms with E-state index in [1.807, 2.05) is 30.3 Å². The molecule has 0 aliphatic rings. The van der Waals surface area contributed by atoms with E-state index in [1.165, 1.54) is 18.2 Å². The maximum absolute atomic E-state index is 11.6. The van der Waals surface area contributed by atoms with Gasteiger partial charge < -0.3 is 19.0 Å². The van der Waals surface area contributed by atoms with E-state index >= 15 is 0 Å². The molecule has 1 aromatic heterocycles. The number of benzene rings is 2. The van der Waals surface area contributed by atoms with Gasteiger partial charge in [-0.25, -0.2) is 4.79 Å². The molecule has 0 bridgehead atoms. The molecule has 0 saturated carbocycles. The zero-order valence-corrected chi connectivity index (χ0v) is 12.9. The lowest BCUT2D eigenvalue weighted by Crippen LogP contribution is -2.09. The molecule has 0 saturated heterocycles. The summed E-state index contributed by atoms with van der Waals surface area (Å²) in [6.45, 7) is 0.543. The van der Waals surface area contributed by atoms with Crippen LogP contribution in [0.25, 0.3) is 11.0 Å². The second-order valence-corrected chi connectivity index (χ2v) is 5.01. The number of fused-ring (bicyclic) bond motifs is 1. The molecule has 3 aromatic rings. The first-order valence-electron chi connectivity index (χ1n) is 7.31. The van der Waals surface area contributed by atoms with E-state index in [0.717, 1.165) is 0 Å². The van der Waals surface area contributed by atoms with Crippen LogP contribution >= 0.6 is 0 Å². The Morgan fingerprint density at radius 3 is 2.40 bits per heavy atom. The van der Waals surface area contributed by atoms with Crippen molar-refractivity contribution in [1.29, 1.82) is 0 Å². The van der Waals surface area contributed by atoms with Crippen molar-refractivity contribution in [1.82, 2.24) is 0 Å². The predicted octanol–water partition coefficient (Wildman–Crippen LogP) is 2.86. The van der Waals surface area contributed by atoms with E-state index in [1.54, 1.807) is 0 Å². The average molecular weight is 343 g/mol. The Balaban J connectivity index is 1.72. The van der Waals surface area contributed by atoms with Crippen molar-refractivity contribution >= 4 is 16.7 Å². The number of hydrogen-bond donors (Lipinski definition) is 1. The third-order valence-electron chi connectivity index (χ3n) is 3.38. The van der Waals surface area contributed by atoms with Crippen molar-refractivity contribution in [2.75, 3.05) is 13.2 Å². The van der Waals surface area contributed by atoms with E-state index in [-0.39, 0.29) is 17.6 Å². The lowest BCUT2D eigenvalue weighted by Gasteiger charge is -2.09. The number of nitrogens with zero attached hydrogens (tertiary/aromatic N) is 1. The Labute approximate surface area is 141 Å². The smallest absolute Gasteiger partial charge is 0.419 e. The molecular formula is C17H13NO7. The van der Waals surface area contributed by atoms with Crippen LogP contribution in [-0.2, 0) is 0 Å². The van der Waals surface area contributed by atoms with Crippen LogP contribution in [0.1, 0.15) is 0 Å². The van der Waals surface area contributed by atoms with Crippen molar-refractivity contribution in [2.24, 2.45) is 0 Å². The summed E-state index contributed by atoms with van der Waals surface area (Å²) in [4.78, 5) is 21.4. The van der Waals surface area contributed by atoms with Gasteiger partial charge in [0.15, 0.2) is 0 Å². The number of para-hydroxylation sites is 1. The van der Waals surface area contributed by atoms with Gasteiger partial charge in [0.1, 0.15) is 30.3 Å². The molecule has 0 amide bonds. The molecule has 0 fully saturated rings. The molecule has 0 radical (unpaired) electrons. The SMILES string of the molecule is O=c1oc2cc(OCCOc3ccccc3)ccc2c(O)c1[N+](=O)[O-]. The minimum Gasteiger partial charge on any atom is -0.501 e. The van der Waals surface area contributed by atoms with Gasteiger partial charge in [-0.15, -0.1) is 0 Å². The highest BCUT2D eigenvalue weighted by molar-refractivity contribution is 5.87. The molecule has 128 valence electrons. The molecule has 0 atom stereocenters. The third-order valence-corrected chi connectivity index (χ3v) is 3.38.